The third kappa shape index (κ3) is 1.32. The molecule has 1 rings (SSSR count). The fraction of sp³-hybridized carbons (Fsp3) is 0.250. The Bertz CT molecular complexity index is 233. The maximum absolute atomic E-state index is 9.23. The van der Waals surface area contributed by atoms with Crippen molar-refractivity contribution >= 4 is 13.3 Å². The molecule has 0 aromatic heterocycles. The molecule has 2 heteroatoms. The molecule has 10 heavy (non-hydrogen) atoms. The molecule has 0 radical (unpaired) electrons. The van der Waals surface area contributed by atoms with Gasteiger partial charge in [-0.25, -0.2) is 0 Å². The summed E-state index contributed by atoms with van der Waals surface area (Å²) in [4.78, 5) is 0. The standard InChI is InChI=1S/C8H11BO/c1-2-6-5-7(9)3-4-8(6)10/h3-5,10H,2,9H2,1H3. The van der Waals surface area contributed by atoms with Crippen LogP contribution in [0.4, 0.5) is 0 Å². The van der Waals surface area contributed by atoms with Crippen molar-refractivity contribution < 1.29 is 5.11 Å². The van der Waals surface area contributed by atoms with Gasteiger partial charge < -0.3 is 5.11 Å². The number of hydrogen-bond donors (Lipinski definition) is 1. The van der Waals surface area contributed by atoms with Gasteiger partial charge in [-0.15, -0.1) is 0 Å². The quantitative estimate of drug-likeness (QED) is 0.544. The Hall–Kier alpha value is -0.915. The first-order chi connectivity index (χ1) is 4.74. The third-order valence-corrected chi connectivity index (χ3v) is 1.62. The Morgan fingerprint density at radius 3 is 2.70 bits per heavy atom. The minimum absolute atomic E-state index is 0.410. The van der Waals surface area contributed by atoms with Crippen LogP contribution in [0.1, 0.15) is 12.5 Å². The summed E-state index contributed by atoms with van der Waals surface area (Å²) in [5.41, 5.74) is 2.23. The second-order valence-electron chi connectivity index (χ2n) is 2.49. The van der Waals surface area contributed by atoms with Gasteiger partial charge in [0.25, 0.3) is 0 Å². The number of phenolic OH excluding ortho intramolecular Hbond substituents is 1. The van der Waals surface area contributed by atoms with Crippen LogP contribution in [0, 0.1) is 0 Å². The van der Waals surface area contributed by atoms with Crippen LogP contribution >= 0.6 is 0 Å². The maximum Gasteiger partial charge on any atom is 0.139 e. The number of phenols is 1. The van der Waals surface area contributed by atoms with Gasteiger partial charge in [0.1, 0.15) is 13.6 Å². The monoisotopic (exact) mass is 134 g/mol. The topological polar surface area (TPSA) is 20.2 Å². The highest BCUT2D eigenvalue weighted by atomic mass is 16.3. The zero-order chi connectivity index (χ0) is 7.56. The molecule has 0 spiro atoms. The Labute approximate surface area is 62.1 Å². The fourth-order valence-electron chi connectivity index (χ4n) is 0.997. The minimum atomic E-state index is 0.410. The Balaban J connectivity index is 3.09. The second kappa shape index (κ2) is 2.78. The molecule has 0 aliphatic rings. The van der Waals surface area contributed by atoms with E-state index in [9.17, 15) is 5.11 Å². The van der Waals surface area contributed by atoms with Gasteiger partial charge in [0.05, 0.1) is 0 Å². The van der Waals surface area contributed by atoms with Crippen LogP contribution in [0.25, 0.3) is 0 Å². The molecule has 0 bridgehead atoms. The molecule has 1 aromatic carbocycles. The zero-order valence-electron chi connectivity index (χ0n) is 6.39. The van der Waals surface area contributed by atoms with Crippen molar-refractivity contribution in [3.05, 3.63) is 23.8 Å². The van der Waals surface area contributed by atoms with E-state index in [4.69, 9.17) is 0 Å². The van der Waals surface area contributed by atoms with E-state index in [0.717, 1.165) is 12.0 Å². The molecule has 1 nitrogen and oxygen atoms in total. The van der Waals surface area contributed by atoms with Crippen LogP contribution in [0.2, 0.25) is 0 Å². The van der Waals surface area contributed by atoms with Gasteiger partial charge in [-0.2, -0.15) is 0 Å². The Morgan fingerprint density at radius 1 is 1.50 bits per heavy atom. The molecule has 0 atom stereocenters. The number of aryl methyl sites for hydroxylation is 1. The third-order valence-electron chi connectivity index (χ3n) is 1.62. The first kappa shape index (κ1) is 7.20. The molecule has 0 amide bonds. The molecule has 0 fully saturated rings. The van der Waals surface area contributed by atoms with E-state index in [0.29, 0.717) is 5.75 Å². The normalized spacial score (nSPS) is 9.70. The average molecular weight is 134 g/mol. The highest BCUT2D eigenvalue weighted by Crippen LogP contribution is 2.13. The van der Waals surface area contributed by atoms with E-state index in [1.54, 1.807) is 6.07 Å². The highest BCUT2D eigenvalue weighted by Gasteiger charge is 1.96. The van der Waals surface area contributed by atoms with Gasteiger partial charge in [-0.05, 0) is 18.1 Å². The number of hydrogen-bond acceptors (Lipinski definition) is 1. The molecule has 0 aliphatic carbocycles. The second-order valence-corrected chi connectivity index (χ2v) is 2.49. The fourth-order valence-corrected chi connectivity index (χ4v) is 0.997. The summed E-state index contributed by atoms with van der Waals surface area (Å²) in [6, 6.07) is 5.66. The van der Waals surface area contributed by atoms with Crippen LogP contribution in [0.5, 0.6) is 5.75 Å². The SMILES string of the molecule is Bc1ccc(O)c(CC)c1. The molecule has 0 heterocycles. The van der Waals surface area contributed by atoms with E-state index in [-0.39, 0.29) is 0 Å². The van der Waals surface area contributed by atoms with Crippen molar-refractivity contribution in [1.29, 1.82) is 0 Å². The van der Waals surface area contributed by atoms with E-state index in [2.05, 4.69) is 0 Å². The predicted octanol–water partition coefficient (Wildman–Crippen LogP) is 0.213. The van der Waals surface area contributed by atoms with Crippen molar-refractivity contribution in [2.45, 2.75) is 13.3 Å². The Morgan fingerprint density at radius 2 is 2.20 bits per heavy atom. The van der Waals surface area contributed by atoms with Crippen LogP contribution in [-0.4, -0.2) is 13.0 Å². The van der Waals surface area contributed by atoms with Gasteiger partial charge in [0.15, 0.2) is 0 Å². The highest BCUT2D eigenvalue weighted by molar-refractivity contribution is 6.32. The molecule has 1 aromatic rings. The minimum Gasteiger partial charge on any atom is -0.508 e. The molecule has 52 valence electrons. The largest absolute Gasteiger partial charge is 0.508 e. The molecule has 1 N–H and O–H groups in total. The Kier molecular flexibility index (Phi) is 2.00. The molecule has 0 saturated heterocycles. The van der Waals surface area contributed by atoms with Crippen molar-refractivity contribution in [2.75, 3.05) is 0 Å². The van der Waals surface area contributed by atoms with Crippen molar-refractivity contribution in [3.63, 3.8) is 0 Å². The van der Waals surface area contributed by atoms with Gasteiger partial charge in [-0.3, -0.25) is 0 Å². The van der Waals surface area contributed by atoms with Crippen LogP contribution in [0.15, 0.2) is 18.2 Å². The van der Waals surface area contributed by atoms with Gasteiger partial charge >= 0.3 is 0 Å². The van der Waals surface area contributed by atoms with Crippen molar-refractivity contribution in [2.24, 2.45) is 0 Å². The molecular formula is C8H11BO. The van der Waals surface area contributed by atoms with Crippen LogP contribution < -0.4 is 5.46 Å². The first-order valence-electron chi connectivity index (χ1n) is 3.52. The lowest BCUT2D eigenvalue weighted by Gasteiger charge is -2.00. The lowest BCUT2D eigenvalue weighted by Crippen LogP contribution is -2.01. The molecular weight excluding hydrogens is 123 g/mol. The zero-order valence-corrected chi connectivity index (χ0v) is 6.39. The summed E-state index contributed by atoms with van der Waals surface area (Å²) in [7, 11) is 2.03. The number of aromatic hydroxyl groups is 1. The lowest BCUT2D eigenvalue weighted by molar-refractivity contribution is 0.469. The van der Waals surface area contributed by atoms with E-state index >= 15 is 0 Å². The molecule has 0 aliphatic heterocycles. The average Bonchev–Trinajstić information content (AvgIpc) is 1.94. The predicted molar refractivity (Wildman–Crippen MR) is 45.7 cm³/mol. The number of rotatable bonds is 1. The van der Waals surface area contributed by atoms with E-state index < -0.39 is 0 Å². The van der Waals surface area contributed by atoms with Crippen molar-refractivity contribution in [3.8, 4) is 5.75 Å². The summed E-state index contributed by atoms with van der Waals surface area (Å²) in [5.74, 6) is 0.410. The van der Waals surface area contributed by atoms with Crippen LogP contribution in [-0.2, 0) is 6.42 Å². The van der Waals surface area contributed by atoms with Gasteiger partial charge in [0.2, 0.25) is 0 Å². The summed E-state index contributed by atoms with van der Waals surface area (Å²) >= 11 is 0. The first-order valence-corrected chi connectivity index (χ1v) is 3.52. The summed E-state index contributed by atoms with van der Waals surface area (Å²) in [6.45, 7) is 2.04. The van der Waals surface area contributed by atoms with Gasteiger partial charge in [-0.1, -0.05) is 24.5 Å². The summed E-state index contributed by atoms with van der Waals surface area (Å²) < 4.78 is 0. The van der Waals surface area contributed by atoms with Crippen molar-refractivity contribution in [1.82, 2.24) is 0 Å². The lowest BCUT2D eigenvalue weighted by atomic mass is 9.93. The van der Waals surface area contributed by atoms with E-state index in [1.165, 1.54) is 5.46 Å². The summed E-state index contributed by atoms with van der Waals surface area (Å²) in [5, 5.41) is 9.23. The maximum atomic E-state index is 9.23. The smallest absolute Gasteiger partial charge is 0.139 e. The summed E-state index contributed by atoms with van der Waals surface area (Å²) in [6.07, 6.45) is 0.896. The van der Waals surface area contributed by atoms with E-state index in [1.807, 2.05) is 26.9 Å². The molecule has 0 unspecified atom stereocenters. The van der Waals surface area contributed by atoms with Crippen LogP contribution in [0.3, 0.4) is 0 Å². The van der Waals surface area contributed by atoms with Gasteiger partial charge in [0, 0.05) is 0 Å². The number of benzene rings is 1. The molecule has 0 saturated carbocycles.